The van der Waals surface area contributed by atoms with Crippen LogP contribution in [0.1, 0.15) is 42.9 Å². The molecule has 1 saturated heterocycles. The standard InChI is InChI=1S/C29H27NO/c1-23-26(20-19-24-13-5-2-6-14-24)27-17-9-10-18-28(27)31-29(23,25-15-7-3-8-16-25)30-21-11-4-12-22-30/h2-3,5-10,13-18H,4,11-12,21-22H2,1H3/t29-/m1/s1. The first-order chi connectivity index (χ1) is 15.3. The minimum absolute atomic E-state index is 0.628. The molecule has 1 fully saturated rings. The van der Waals surface area contributed by atoms with E-state index >= 15 is 0 Å². The maximum atomic E-state index is 6.94. The minimum Gasteiger partial charge on any atom is -0.464 e. The van der Waals surface area contributed by atoms with Crippen LogP contribution in [0.2, 0.25) is 0 Å². The number of nitrogens with zero attached hydrogens (tertiary/aromatic N) is 1. The van der Waals surface area contributed by atoms with E-state index in [1.54, 1.807) is 0 Å². The Kier molecular flexibility index (Phi) is 5.37. The summed E-state index contributed by atoms with van der Waals surface area (Å²) in [4.78, 5) is 2.52. The Morgan fingerprint density at radius 1 is 0.742 bits per heavy atom. The predicted molar refractivity (Wildman–Crippen MR) is 127 cm³/mol. The Hall–Kier alpha value is -3.28. The molecule has 0 bridgehead atoms. The quantitative estimate of drug-likeness (QED) is 0.468. The number of allylic oxidation sites excluding steroid dienone is 1. The topological polar surface area (TPSA) is 12.5 Å². The van der Waals surface area contributed by atoms with Crippen molar-refractivity contribution < 1.29 is 4.74 Å². The lowest BCUT2D eigenvalue weighted by Gasteiger charge is -2.49. The molecule has 154 valence electrons. The van der Waals surface area contributed by atoms with Gasteiger partial charge in [-0.1, -0.05) is 78.9 Å². The summed E-state index contributed by atoms with van der Waals surface area (Å²) in [7, 11) is 0. The second-order valence-electron chi connectivity index (χ2n) is 8.27. The largest absolute Gasteiger partial charge is 0.464 e. The Labute approximate surface area is 185 Å². The van der Waals surface area contributed by atoms with Gasteiger partial charge in [-0.05, 0) is 44.0 Å². The van der Waals surface area contributed by atoms with Gasteiger partial charge >= 0.3 is 0 Å². The van der Waals surface area contributed by atoms with Gasteiger partial charge in [-0.3, -0.25) is 4.90 Å². The van der Waals surface area contributed by atoms with Crippen LogP contribution in [-0.2, 0) is 5.72 Å². The number of likely N-dealkylation sites (tertiary alicyclic amines) is 1. The highest BCUT2D eigenvalue weighted by molar-refractivity contribution is 5.87. The van der Waals surface area contributed by atoms with Crippen molar-refractivity contribution in [3.05, 3.63) is 107 Å². The van der Waals surface area contributed by atoms with E-state index in [0.29, 0.717) is 0 Å². The molecule has 2 heteroatoms. The summed E-state index contributed by atoms with van der Waals surface area (Å²) in [6, 6.07) is 29.2. The molecule has 0 saturated carbocycles. The number of hydrogen-bond donors (Lipinski definition) is 0. The lowest BCUT2D eigenvalue weighted by atomic mass is 9.83. The number of benzene rings is 3. The third kappa shape index (κ3) is 3.56. The van der Waals surface area contributed by atoms with Crippen LogP contribution in [0.3, 0.4) is 0 Å². The van der Waals surface area contributed by atoms with Crippen molar-refractivity contribution in [1.29, 1.82) is 0 Å². The van der Waals surface area contributed by atoms with Crippen LogP contribution >= 0.6 is 0 Å². The molecule has 0 aliphatic carbocycles. The molecule has 5 rings (SSSR count). The summed E-state index contributed by atoms with van der Waals surface area (Å²) in [6.07, 6.45) is 3.66. The average molecular weight is 406 g/mol. The summed E-state index contributed by atoms with van der Waals surface area (Å²) in [5, 5.41) is 0. The van der Waals surface area contributed by atoms with Crippen LogP contribution in [0.25, 0.3) is 5.57 Å². The molecule has 0 amide bonds. The molecule has 2 heterocycles. The fourth-order valence-corrected chi connectivity index (χ4v) is 4.82. The zero-order chi connectivity index (χ0) is 21.1. The molecule has 3 aromatic carbocycles. The fraction of sp³-hybridized carbons (Fsp3) is 0.241. The molecule has 1 atom stereocenters. The summed E-state index contributed by atoms with van der Waals surface area (Å²) >= 11 is 0. The van der Waals surface area contributed by atoms with E-state index in [1.807, 2.05) is 24.3 Å². The molecule has 0 unspecified atom stereocenters. The molecule has 3 aromatic rings. The van der Waals surface area contributed by atoms with Crippen LogP contribution < -0.4 is 4.74 Å². The first-order valence-corrected chi connectivity index (χ1v) is 11.2. The van der Waals surface area contributed by atoms with E-state index < -0.39 is 5.72 Å². The van der Waals surface area contributed by atoms with Crippen LogP contribution in [0, 0.1) is 11.8 Å². The van der Waals surface area contributed by atoms with E-state index in [9.17, 15) is 0 Å². The van der Waals surface area contributed by atoms with E-state index in [1.165, 1.54) is 30.4 Å². The fourth-order valence-electron chi connectivity index (χ4n) is 4.82. The van der Waals surface area contributed by atoms with Gasteiger partial charge in [-0.25, -0.2) is 0 Å². The van der Waals surface area contributed by atoms with Gasteiger partial charge in [-0.2, -0.15) is 0 Å². The molecular formula is C29H27NO. The molecule has 0 radical (unpaired) electrons. The highest BCUT2D eigenvalue weighted by Crippen LogP contribution is 2.48. The first-order valence-electron chi connectivity index (χ1n) is 11.2. The van der Waals surface area contributed by atoms with Gasteiger partial charge in [0.25, 0.3) is 0 Å². The average Bonchev–Trinajstić information content (AvgIpc) is 2.85. The lowest BCUT2D eigenvalue weighted by molar-refractivity contribution is -0.0724. The zero-order valence-corrected chi connectivity index (χ0v) is 18.0. The Morgan fingerprint density at radius 2 is 1.39 bits per heavy atom. The van der Waals surface area contributed by atoms with Crippen molar-refractivity contribution in [2.45, 2.75) is 31.9 Å². The van der Waals surface area contributed by atoms with Crippen molar-refractivity contribution in [1.82, 2.24) is 4.90 Å². The van der Waals surface area contributed by atoms with Crippen LogP contribution in [0.4, 0.5) is 0 Å². The highest BCUT2D eigenvalue weighted by Gasteiger charge is 2.47. The maximum Gasteiger partial charge on any atom is 0.213 e. The van der Waals surface area contributed by atoms with Crippen LogP contribution in [-0.4, -0.2) is 18.0 Å². The Morgan fingerprint density at radius 3 is 2.13 bits per heavy atom. The van der Waals surface area contributed by atoms with Gasteiger partial charge in [-0.15, -0.1) is 0 Å². The van der Waals surface area contributed by atoms with Crippen molar-refractivity contribution in [2.75, 3.05) is 13.1 Å². The number of hydrogen-bond acceptors (Lipinski definition) is 2. The van der Waals surface area contributed by atoms with E-state index in [2.05, 4.69) is 84.3 Å². The summed E-state index contributed by atoms with van der Waals surface area (Å²) in [5.74, 6) is 7.83. The van der Waals surface area contributed by atoms with E-state index in [0.717, 1.165) is 35.5 Å². The number of fused-ring (bicyclic) bond motifs is 1. The van der Waals surface area contributed by atoms with Crippen LogP contribution in [0.15, 0.2) is 90.5 Å². The zero-order valence-electron chi connectivity index (χ0n) is 18.0. The summed E-state index contributed by atoms with van der Waals surface area (Å²) in [5.41, 5.74) is 4.88. The summed E-state index contributed by atoms with van der Waals surface area (Å²) < 4.78 is 6.94. The first kappa shape index (κ1) is 19.7. The molecular weight excluding hydrogens is 378 g/mol. The monoisotopic (exact) mass is 405 g/mol. The second kappa shape index (κ2) is 8.46. The van der Waals surface area contributed by atoms with Crippen molar-refractivity contribution in [3.63, 3.8) is 0 Å². The molecule has 0 N–H and O–H groups in total. The highest BCUT2D eigenvalue weighted by atomic mass is 16.5. The molecule has 0 spiro atoms. The molecule has 0 aromatic heterocycles. The second-order valence-corrected chi connectivity index (χ2v) is 8.27. The van der Waals surface area contributed by atoms with Crippen molar-refractivity contribution >= 4 is 5.57 Å². The van der Waals surface area contributed by atoms with Gasteiger partial charge in [0.2, 0.25) is 5.72 Å². The number of rotatable bonds is 2. The lowest BCUT2D eigenvalue weighted by Crippen LogP contribution is -2.54. The van der Waals surface area contributed by atoms with E-state index in [4.69, 9.17) is 4.74 Å². The SMILES string of the molecule is CC1=C(C#Cc2ccccc2)c2ccccc2O[C@]1(c1ccccc1)N1CCCCC1. The maximum absolute atomic E-state index is 6.94. The van der Waals surface area contributed by atoms with Crippen molar-refractivity contribution in [2.24, 2.45) is 0 Å². The molecule has 2 aliphatic heterocycles. The number of ether oxygens (including phenoxy) is 1. The van der Waals surface area contributed by atoms with Gasteiger partial charge < -0.3 is 4.74 Å². The molecule has 2 aliphatic rings. The Balaban J connectivity index is 1.74. The third-order valence-corrected chi connectivity index (χ3v) is 6.37. The Bertz CT molecular complexity index is 1150. The van der Waals surface area contributed by atoms with Gasteiger partial charge in [0.1, 0.15) is 5.75 Å². The summed E-state index contributed by atoms with van der Waals surface area (Å²) in [6.45, 7) is 4.24. The van der Waals surface area contributed by atoms with Gasteiger partial charge in [0.05, 0.1) is 0 Å². The minimum atomic E-state index is -0.628. The van der Waals surface area contributed by atoms with Crippen LogP contribution in [0.5, 0.6) is 5.75 Å². The van der Waals surface area contributed by atoms with Gasteiger partial charge in [0, 0.05) is 40.9 Å². The molecule has 31 heavy (non-hydrogen) atoms. The van der Waals surface area contributed by atoms with Crippen molar-refractivity contribution in [3.8, 4) is 17.6 Å². The van der Waals surface area contributed by atoms with E-state index in [-0.39, 0.29) is 0 Å². The normalized spacial score (nSPS) is 20.9. The molecule has 2 nitrogen and oxygen atoms in total. The van der Waals surface area contributed by atoms with Gasteiger partial charge in [0.15, 0.2) is 0 Å². The predicted octanol–water partition coefficient (Wildman–Crippen LogP) is 6.24. The third-order valence-electron chi connectivity index (χ3n) is 6.37. The smallest absolute Gasteiger partial charge is 0.213 e. The number of piperidine rings is 1. The number of para-hydroxylation sites is 1.